The summed E-state index contributed by atoms with van der Waals surface area (Å²) in [6, 6.07) is 5.68. The number of benzene rings is 1. The van der Waals surface area contributed by atoms with Gasteiger partial charge in [0.2, 0.25) is 0 Å². The van der Waals surface area contributed by atoms with Crippen LogP contribution in [0.1, 0.15) is 20.8 Å². The largest absolute Gasteiger partial charge is 0.443 e. The van der Waals surface area contributed by atoms with Gasteiger partial charge in [-0.2, -0.15) is 5.26 Å². The number of nitriles is 1. The number of thioether (sulfide) groups is 1. The molecule has 2 aromatic rings. The van der Waals surface area contributed by atoms with Crippen LogP contribution in [0.15, 0.2) is 23.1 Å². The van der Waals surface area contributed by atoms with Crippen molar-refractivity contribution in [3.63, 3.8) is 0 Å². The van der Waals surface area contributed by atoms with Gasteiger partial charge in [-0.25, -0.2) is 9.78 Å². The Morgan fingerprint density at radius 2 is 2.18 bits per heavy atom. The van der Waals surface area contributed by atoms with Gasteiger partial charge in [-0.1, -0.05) is 11.3 Å². The van der Waals surface area contributed by atoms with Crippen molar-refractivity contribution in [2.75, 3.05) is 44.3 Å². The quantitative estimate of drug-likeness (QED) is 0.535. The first kappa shape index (κ1) is 20.9. The van der Waals surface area contributed by atoms with Gasteiger partial charge in [0, 0.05) is 31.1 Å². The number of carbonyl (C=O) groups excluding carboxylic acids is 1. The van der Waals surface area contributed by atoms with E-state index in [1.807, 2.05) is 39.0 Å². The van der Waals surface area contributed by atoms with Crippen LogP contribution in [-0.4, -0.2) is 61.0 Å². The van der Waals surface area contributed by atoms with Crippen LogP contribution < -0.4 is 4.90 Å². The predicted octanol–water partition coefficient (Wildman–Crippen LogP) is 3.94. The number of hydrogen-bond donors (Lipinski definition) is 0. The standard InChI is InChI=1S/C19H24N4O3S2/c1-19(2,3)26-18(24)23(7-6-22-8-10-25-11-9-22)17-21-15-5-4-14(27-13-20)12-16(15)28-17/h4-5,12H,6-11H2,1-3H3. The first-order valence-electron chi connectivity index (χ1n) is 9.13. The van der Waals surface area contributed by atoms with Crippen molar-refractivity contribution in [3.8, 4) is 5.40 Å². The lowest BCUT2D eigenvalue weighted by atomic mass is 10.2. The van der Waals surface area contributed by atoms with Gasteiger partial charge in [-0.05, 0) is 50.7 Å². The summed E-state index contributed by atoms with van der Waals surface area (Å²) >= 11 is 2.55. The average Bonchev–Trinajstić information content (AvgIpc) is 3.04. The van der Waals surface area contributed by atoms with E-state index in [1.165, 1.54) is 11.3 Å². The van der Waals surface area contributed by atoms with E-state index in [4.69, 9.17) is 14.7 Å². The Morgan fingerprint density at radius 1 is 1.43 bits per heavy atom. The van der Waals surface area contributed by atoms with E-state index in [-0.39, 0.29) is 0 Å². The molecule has 3 rings (SSSR count). The van der Waals surface area contributed by atoms with E-state index in [0.29, 0.717) is 24.9 Å². The summed E-state index contributed by atoms with van der Waals surface area (Å²) in [4.78, 5) is 22.2. The average molecular weight is 421 g/mol. The number of thiocyanates is 1. The molecule has 0 N–H and O–H groups in total. The van der Waals surface area contributed by atoms with Crippen LogP contribution >= 0.6 is 23.1 Å². The van der Waals surface area contributed by atoms with Gasteiger partial charge in [0.15, 0.2) is 5.13 Å². The molecule has 1 saturated heterocycles. The zero-order valence-electron chi connectivity index (χ0n) is 16.3. The first-order valence-corrected chi connectivity index (χ1v) is 10.8. The molecule has 1 aliphatic rings. The minimum Gasteiger partial charge on any atom is -0.443 e. The van der Waals surface area contributed by atoms with Gasteiger partial charge in [0.05, 0.1) is 23.4 Å². The Balaban J connectivity index is 1.83. The fourth-order valence-electron chi connectivity index (χ4n) is 2.77. The molecule has 0 aliphatic carbocycles. The molecule has 0 atom stereocenters. The number of nitrogens with zero attached hydrogens (tertiary/aromatic N) is 4. The fraction of sp³-hybridized carbons (Fsp3) is 0.526. The summed E-state index contributed by atoms with van der Waals surface area (Å²) < 4.78 is 11.9. The molecule has 1 aromatic carbocycles. The van der Waals surface area contributed by atoms with Gasteiger partial charge in [-0.15, -0.1) is 0 Å². The zero-order chi connectivity index (χ0) is 20.1. The van der Waals surface area contributed by atoms with Crippen molar-refractivity contribution in [2.24, 2.45) is 0 Å². The van der Waals surface area contributed by atoms with Crippen LogP contribution in [0.4, 0.5) is 9.93 Å². The molecule has 28 heavy (non-hydrogen) atoms. The topological polar surface area (TPSA) is 78.7 Å². The highest BCUT2D eigenvalue weighted by Gasteiger charge is 2.26. The molecule has 1 aliphatic heterocycles. The van der Waals surface area contributed by atoms with Crippen molar-refractivity contribution < 1.29 is 14.3 Å². The van der Waals surface area contributed by atoms with E-state index >= 15 is 0 Å². The van der Waals surface area contributed by atoms with E-state index in [1.54, 1.807) is 4.90 Å². The van der Waals surface area contributed by atoms with Crippen LogP contribution in [0, 0.1) is 10.7 Å². The van der Waals surface area contributed by atoms with Crippen molar-refractivity contribution in [2.45, 2.75) is 31.3 Å². The maximum absolute atomic E-state index is 12.9. The third kappa shape index (κ3) is 5.58. The summed E-state index contributed by atoms with van der Waals surface area (Å²) in [5.74, 6) is 0. The van der Waals surface area contributed by atoms with Crippen molar-refractivity contribution in [1.29, 1.82) is 5.26 Å². The van der Waals surface area contributed by atoms with E-state index in [9.17, 15) is 4.79 Å². The fourth-order valence-corrected chi connectivity index (χ4v) is 4.29. The highest BCUT2D eigenvalue weighted by molar-refractivity contribution is 8.03. The summed E-state index contributed by atoms with van der Waals surface area (Å²) in [6.07, 6.45) is -0.397. The highest BCUT2D eigenvalue weighted by atomic mass is 32.2. The lowest BCUT2D eigenvalue weighted by Crippen LogP contribution is -2.44. The Morgan fingerprint density at radius 3 is 2.86 bits per heavy atom. The molecule has 1 amide bonds. The third-order valence-corrected chi connectivity index (χ3v) is 5.72. The SMILES string of the molecule is CC(C)(C)OC(=O)N(CCN1CCOCC1)c1nc2ccc(SC#N)cc2s1. The molecule has 0 bridgehead atoms. The maximum Gasteiger partial charge on any atom is 0.416 e. The number of amides is 1. The third-order valence-electron chi connectivity index (χ3n) is 4.10. The van der Waals surface area contributed by atoms with Crippen LogP contribution in [0.25, 0.3) is 10.2 Å². The summed E-state index contributed by atoms with van der Waals surface area (Å²) in [6.45, 7) is 9.94. The van der Waals surface area contributed by atoms with Crippen molar-refractivity contribution >= 4 is 44.5 Å². The lowest BCUT2D eigenvalue weighted by Gasteiger charge is -2.30. The van der Waals surface area contributed by atoms with Crippen LogP contribution in [0.2, 0.25) is 0 Å². The number of morpholine rings is 1. The second-order valence-corrected chi connectivity index (χ2v) is 9.27. The molecule has 0 radical (unpaired) electrons. The molecule has 2 heterocycles. The number of rotatable bonds is 5. The second kappa shape index (κ2) is 9.09. The molecule has 0 saturated carbocycles. The molecule has 0 unspecified atom stereocenters. The zero-order valence-corrected chi connectivity index (χ0v) is 17.9. The van der Waals surface area contributed by atoms with E-state index in [0.717, 1.165) is 46.5 Å². The Bertz CT molecular complexity index is 866. The van der Waals surface area contributed by atoms with Crippen molar-refractivity contribution in [3.05, 3.63) is 18.2 Å². The van der Waals surface area contributed by atoms with E-state index < -0.39 is 11.7 Å². The number of anilines is 1. The minimum atomic E-state index is -0.582. The number of aromatic nitrogens is 1. The smallest absolute Gasteiger partial charge is 0.416 e. The van der Waals surface area contributed by atoms with Gasteiger partial charge >= 0.3 is 6.09 Å². The predicted molar refractivity (Wildman–Crippen MR) is 112 cm³/mol. The minimum absolute atomic E-state index is 0.397. The van der Waals surface area contributed by atoms with Gasteiger partial charge in [0.25, 0.3) is 0 Å². The second-order valence-electron chi connectivity index (χ2n) is 7.41. The number of thiazole rings is 1. The van der Waals surface area contributed by atoms with Crippen LogP contribution in [0.5, 0.6) is 0 Å². The molecule has 1 aromatic heterocycles. The van der Waals surface area contributed by atoms with Gasteiger partial charge in [-0.3, -0.25) is 9.80 Å². The summed E-state index contributed by atoms with van der Waals surface area (Å²) in [7, 11) is 0. The van der Waals surface area contributed by atoms with Crippen molar-refractivity contribution in [1.82, 2.24) is 9.88 Å². The molecule has 9 heteroatoms. The molecule has 150 valence electrons. The maximum atomic E-state index is 12.9. The lowest BCUT2D eigenvalue weighted by molar-refractivity contribution is 0.0375. The Labute approximate surface area is 173 Å². The molecule has 0 spiro atoms. The first-order chi connectivity index (χ1) is 13.4. The Hall–Kier alpha value is -1.86. The van der Waals surface area contributed by atoms with E-state index in [2.05, 4.69) is 15.3 Å². The molecular formula is C19H24N4O3S2. The number of carbonyl (C=O) groups is 1. The molecule has 1 fully saturated rings. The number of fused-ring (bicyclic) bond motifs is 1. The summed E-state index contributed by atoms with van der Waals surface area (Å²) in [5, 5.41) is 11.6. The number of hydrogen-bond acceptors (Lipinski definition) is 8. The normalized spacial score (nSPS) is 15.4. The van der Waals surface area contributed by atoms with Crippen LogP contribution in [-0.2, 0) is 9.47 Å². The van der Waals surface area contributed by atoms with Gasteiger partial charge < -0.3 is 9.47 Å². The molecular weight excluding hydrogens is 396 g/mol. The Kier molecular flexibility index (Phi) is 6.78. The van der Waals surface area contributed by atoms with Gasteiger partial charge in [0.1, 0.15) is 11.0 Å². The monoisotopic (exact) mass is 420 g/mol. The summed E-state index contributed by atoms with van der Waals surface area (Å²) in [5.41, 5.74) is 0.226. The van der Waals surface area contributed by atoms with Crippen LogP contribution in [0.3, 0.4) is 0 Å². The molecule has 7 nitrogen and oxygen atoms in total. The highest BCUT2D eigenvalue weighted by Crippen LogP contribution is 2.32. The number of ether oxygens (including phenoxy) is 2.